The van der Waals surface area contributed by atoms with Gasteiger partial charge >= 0.3 is 0 Å². The second-order valence-corrected chi connectivity index (χ2v) is 5.07. The van der Waals surface area contributed by atoms with Crippen molar-refractivity contribution in [3.63, 3.8) is 0 Å². The van der Waals surface area contributed by atoms with E-state index in [1.165, 1.54) is 12.3 Å². The van der Waals surface area contributed by atoms with Gasteiger partial charge in [0.1, 0.15) is 0 Å². The zero-order valence-electron chi connectivity index (χ0n) is 12.6. The third-order valence-electron chi connectivity index (χ3n) is 3.32. The Morgan fingerprint density at radius 2 is 1.75 bits per heavy atom. The maximum absolute atomic E-state index is 13.1. The van der Waals surface area contributed by atoms with Crippen molar-refractivity contribution in [2.75, 3.05) is 13.1 Å². The van der Waals surface area contributed by atoms with Crippen molar-refractivity contribution in [3.8, 4) is 0 Å². The van der Waals surface area contributed by atoms with Crippen LogP contribution in [0.5, 0.6) is 0 Å². The van der Waals surface area contributed by atoms with Crippen molar-refractivity contribution in [3.05, 3.63) is 29.8 Å². The molecule has 0 spiro atoms. The lowest BCUT2D eigenvalue weighted by molar-refractivity contribution is 0.0749. The van der Waals surface area contributed by atoms with Gasteiger partial charge in [-0.15, -0.1) is 0 Å². The van der Waals surface area contributed by atoms with Crippen LogP contribution in [0.25, 0.3) is 0 Å². The van der Waals surface area contributed by atoms with Gasteiger partial charge in [0.15, 0.2) is 0 Å². The summed E-state index contributed by atoms with van der Waals surface area (Å²) in [6.45, 7) is 5.78. The molecule has 1 aromatic heterocycles. The number of carbonyl (C=O) groups excluding carboxylic acids is 1. The van der Waals surface area contributed by atoms with E-state index in [0.29, 0.717) is 5.56 Å². The zero-order valence-corrected chi connectivity index (χ0v) is 12.6. The van der Waals surface area contributed by atoms with Crippen LogP contribution in [0.2, 0.25) is 0 Å². The Balaban J connectivity index is 2.66. The molecule has 4 heteroatoms. The molecule has 0 saturated heterocycles. The number of unbranched alkanes of at least 4 members (excludes halogenated alkanes) is 4. The van der Waals surface area contributed by atoms with E-state index in [-0.39, 0.29) is 5.91 Å². The number of hydrogen-bond donors (Lipinski definition) is 0. The minimum absolute atomic E-state index is 0.0847. The van der Waals surface area contributed by atoms with Gasteiger partial charge in [-0.25, -0.2) is 4.98 Å². The summed E-state index contributed by atoms with van der Waals surface area (Å²) in [5.41, 5.74) is 0.394. The predicted molar refractivity (Wildman–Crippen MR) is 79.1 cm³/mol. The van der Waals surface area contributed by atoms with Crippen LogP contribution in [0.1, 0.15) is 62.7 Å². The van der Waals surface area contributed by atoms with Crippen LogP contribution >= 0.6 is 0 Å². The maximum atomic E-state index is 13.1. The second kappa shape index (κ2) is 9.45. The number of amides is 1. The van der Waals surface area contributed by atoms with Gasteiger partial charge < -0.3 is 4.90 Å². The number of carbonyl (C=O) groups is 1. The summed E-state index contributed by atoms with van der Waals surface area (Å²) in [4.78, 5) is 17.8. The lowest BCUT2D eigenvalue weighted by Crippen LogP contribution is -2.33. The maximum Gasteiger partial charge on any atom is 0.254 e. The van der Waals surface area contributed by atoms with E-state index >= 15 is 0 Å². The van der Waals surface area contributed by atoms with Gasteiger partial charge in [0.2, 0.25) is 5.95 Å². The molecular weight excluding hydrogens is 255 g/mol. The first-order chi connectivity index (χ1) is 9.69. The van der Waals surface area contributed by atoms with E-state index in [2.05, 4.69) is 18.8 Å². The molecule has 1 rings (SSSR count). The molecule has 3 nitrogen and oxygen atoms in total. The molecule has 20 heavy (non-hydrogen) atoms. The number of pyridine rings is 1. The van der Waals surface area contributed by atoms with Gasteiger partial charge in [-0.1, -0.05) is 39.5 Å². The fourth-order valence-electron chi connectivity index (χ4n) is 2.14. The van der Waals surface area contributed by atoms with Gasteiger partial charge in [-0.2, -0.15) is 4.39 Å². The molecule has 0 fully saturated rings. The van der Waals surface area contributed by atoms with Crippen LogP contribution < -0.4 is 0 Å². The Morgan fingerprint density at radius 3 is 2.25 bits per heavy atom. The number of rotatable bonds is 9. The van der Waals surface area contributed by atoms with Crippen LogP contribution in [0.15, 0.2) is 18.3 Å². The highest BCUT2D eigenvalue weighted by atomic mass is 19.1. The summed E-state index contributed by atoms with van der Waals surface area (Å²) in [7, 11) is 0. The molecule has 0 saturated carbocycles. The molecule has 0 radical (unpaired) electrons. The molecule has 1 aromatic rings. The molecule has 0 bridgehead atoms. The minimum atomic E-state index is -0.599. The third-order valence-corrected chi connectivity index (χ3v) is 3.32. The average Bonchev–Trinajstić information content (AvgIpc) is 2.45. The summed E-state index contributed by atoms with van der Waals surface area (Å²) in [5, 5.41) is 0. The fourth-order valence-corrected chi connectivity index (χ4v) is 2.14. The molecule has 0 atom stereocenters. The van der Waals surface area contributed by atoms with Crippen LogP contribution in [0.4, 0.5) is 4.39 Å². The first kappa shape index (κ1) is 16.6. The van der Waals surface area contributed by atoms with Crippen LogP contribution in [-0.2, 0) is 0 Å². The Bertz CT molecular complexity index is 399. The summed E-state index contributed by atoms with van der Waals surface area (Å²) in [6.07, 6.45) is 7.83. The lowest BCUT2D eigenvalue weighted by atomic mass is 10.1. The monoisotopic (exact) mass is 280 g/mol. The van der Waals surface area contributed by atoms with Crippen molar-refractivity contribution >= 4 is 5.91 Å². The Morgan fingerprint density at radius 1 is 1.15 bits per heavy atom. The molecule has 0 N–H and O–H groups in total. The van der Waals surface area contributed by atoms with Gasteiger partial charge in [0.25, 0.3) is 5.91 Å². The van der Waals surface area contributed by atoms with Crippen LogP contribution in [0, 0.1) is 5.95 Å². The Labute approximate surface area is 121 Å². The molecule has 1 heterocycles. The van der Waals surface area contributed by atoms with Gasteiger partial charge in [-0.05, 0) is 18.9 Å². The summed E-state index contributed by atoms with van der Waals surface area (Å²) < 4.78 is 13.1. The number of aromatic nitrogens is 1. The molecule has 0 aromatic carbocycles. The number of halogens is 1. The molecular formula is C16H25FN2O. The van der Waals surface area contributed by atoms with Gasteiger partial charge in [0.05, 0.1) is 0 Å². The second-order valence-electron chi connectivity index (χ2n) is 5.07. The first-order valence-electron chi connectivity index (χ1n) is 7.59. The molecule has 0 aliphatic rings. The minimum Gasteiger partial charge on any atom is -0.339 e. The smallest absolute Gasteiger partial charge is 0.254 e. The van der Waals surface area contributed by atoms with E-state index in [1.807, 2.05) is 4.90 Å². The Hall–Kier alpha value is -1.45. The summed E-state index contributed by atoms with van der Waals surface area (Å²) in [6, 6.07) is 2.80. The van der Waals surface area contributed by atoms with Crippen molar-refractivity contribution in [1.29, 1.82) is 0 Å². The van der Waals surface area contributed by atoms with E-state index in [1.54, 1.807) is 6.07 Å². The predicted octanol–water partition coefficient (Wildman–Crippen LogP) is 4.04. The van der Waals surface area contributed by atoms with Crippen LogP contribution in [0.3, 0.4) is 0 Å². The highest BCUT2D eigenvalue weighted by Crippen LogP contribution is 2.09. The summed E-state index contributed by atoms with van der Waals surface area (Å²) in [5.74, 6) is -0.684. The van der Waals surface area contributed by atoms with Crippen molar-refractivity contribution in [2.45, 2.75) is 52.4 Å². The SMILES string of the molecule is CCCCCN(CCCCC)C(=O)c1ccnc(F)c1. The molecule has 112 valence electrons. The quantitative estimate of drug-likeness (QED) is 0.505. The van der Waals surface area contributed by atoms with Crippen LogP contribution in [-0.4, -0.2) is 28.9 Å². The standard InChI is InChI=1S/C16H25FN2O/c1-3-5-7-11-19(12-8-6-4-2)16(20)14-9-10-18-15(17)13-14/h9-10,13H,3-8,11-12H2,1-2H3. The zero-order chi connectivity index (χ0) is 14.8. The lowest BCUT2D eigenvalue weighted by Gasteiger charge is -2.22. The number of nitrogens with zero attached hydrogens (tertiary/aromatic N) is 2. The van der Waals surface area contributed by atoms with Gasteiger partial charge in [-0.3, -0.25) is 4.79 Å². The van der Waals surface area contributed by atoms with E-state index in [4.69, 9.17) is 0 Å². The largest absolute Gasteiger partial charge is 0.339 e. The molecule has 0 aliphatic carbocycles. The number of hydrogen-bond acceptors (Lipinski definition) is 2. The third kappa shape index (κ3) is 5.68. The average molecular weight is 280 g/mol. The van der Waals surface area contributed by atoms with E-state index in [9.17, 15) is 9.18 Å². The highest BCUT2D eigenvalue weighted by Gasteiger charge is 2.15. The van der Waals surface area contributed by atoms with E-state index < -0.39 is 5.95 Å². The van der Waals surface area contributed by atoms with Crippen molar-refractivity contribution in [1.82, 2.24) is 9.88 Å². The molecule has 0 aliphatic heterocycles. The fraction of sp³-hybridized carbons (Fsp3) is 0.625. The topological polar surface area (TPSA) is 33.2 Å². The first-order valence-corrected chi connectivity index (χ1v) is 7.59. The Kier molecular flexibility index (Phi) is 7.85. The van der Waals surface area contributed by atoms with Crippen molar-refractivity contribution in [2.24, 2.45) is 0 Å². The van der Waals surface area contributed by atoms with E-state index in [0.717, 1.165) is 51.6 Å². The highest BCUT2D eigenvalue weighted by molar-refractivity contribution is 5.94. The van der Waals surface area contributed by atoms with Crippen molar-refractivity contribution < 1.29 is 9.18 Å². The van der Waals surface area contributed by atoms with Gasteiger partial charge in [0, 0.05) is 30.9 Å². The summed E-state index contributed by atoms with van der Waals surface area (Å²) >= 11 is 0. The molecule has 0 unspecified atom stereocenters. The molecule has 1 amide bonds. The normalized spacial score (nSPS) is 10.6.